The molecule has 0 aromatic heterocycles. The minimum atomic E-state index is 0.0362. The summed E-state index contributed by atoms with van der Waals surface area (Å²) in [4.78, 5) is 14.2. The van der Waals surface area contributed by atoms with Gasteiger partial charge < -0.3 is 15.0 Å². The number of piperidine rings is 1. The number of rotatable bonds is 1. The Morgan fingerprint density at radius 2 is 2.19 bits per heavy atom. The van der Waals surface area contributed by atoms with Crippen LogP contribution in [-0.4, -0.2) is 48.7 Å². The van der Waals surface area contributed by atoms with E-state index < -0.39 is 0 Å². The second-order valence-corrected chi connectivity index (χ2v) is 5.02. The Kier molecular flexibility index (Phi) is 3.82. The third-order valence-corrected chi connectivity index (χ3v) is 3.47. The van der Waals surface area contributed by atoms with E-state index >= 15 is 0 Å². The van der Waals surface area contributed by atoms with Crippen molar-refractivity contribution in [3.8, 4) is 0 Å². The monoisotopic (exact) mass is 226 g/mol. The standard InChI is InChI=1S/C12H22N2O2/c1-9-4-3-5-11(13-9)12(15)14-6-7-16-10(2)8-14/h9-11,13H,3-8H2,1-2H3. The molecule has 2 aliphatic rings. The van der Waals surface area contributed by atoms with Crippen molar-refractivity contribution in [2.24, 2.45) is 0 Å². The number of morpholine rings is 1. The first-order chi connectivity index (χ1) is 7.66. The highest BCUT2D eigenvalue weighted by atomic mass is 16.5. The van der Waals surface area contributed by atoms with Crippen LogP contribution in [0.15, 0.2) is 0 Å². The van der Waals surface area contributed by atoms with Gasteiger partial charge in [-0.3, -0.25) is 4.79 Å². The average Bonchev–Trinajstić information content (AvgIpc) is 2.28. The van der Waals surface area contributed by atoms with Gasteiger partial charge in [0.15, 0.2) is 0 Å². The summed E-state index contributed by atoms with van der Waals surface area (Å²) >= 11 is 0. The molecule has 4 nitrogen and oxygen atoms in total. The second-order valence-electron chi connectivity index (χ2n) is 5.02. The molecule has 0 radical (unpaired) electrons. The van der Waals surface area contributed by atoms with E-state index in [4.69, 9.17) is 4.74 Å². The smallest absolute Gasteiger partial charge is 0.239 e. The minimum absolute atomic E-state index is 0.0362. The van der Waals surface area contributed by atoms with Crippen molar-refractivity contribution in [2.45, 2.75) is 51.3 Å². The van der Waals surface area contributed by atoms with Gasteiger partial charge in [-0.05, 0) is 33.1 Å². The predicted octanol–water partition coefficient (Wildman–Crippen LogP) is 0.764. The quantitative estimate of drug-likeness (QED) is 0.718. The van der Waals surface area contributed by atoms with Crippen LogP contribution < -0.4 is 5.32 Å². The van der Waals surface area contributed by atoms with Crippen molar-refractivity contribution in [3.63, 3.8) is 0 Å². The summed E-state index contributed by atoms with van der Waals surface area (Å²) in [6.07, 6.45) is 3.50. The number of ether oxygens (including phenoxy) is 1. The Morgan fingerprint density at radius 3 is 2.88 bits per heavy atom. The molecule has 0 bridgehead atoms. The molecule has 0 aromatic carbocycles. The zero-order chi connectivity index (χ0) is 11.5. The van der Waals surface area contributed by atoms with Crippen LogP contribution in [0.5, 0.6) is 0 Å². The van der Waals surface area contributed by atoms with Crippen molar-refractivity contribution in [3.05, 3.63) is 0 Å². The highest BCUT2D eigenvalue weighted by molar-refractivity contribution is 5.82. The van der Waals surface area contributed by atoms with Gasteiger partial charge in [-0.1, -0.05) is 0 Å². The second kappa shape index (κ2) is 5.15. The number of carbonyl (C=O) groups is 1. The molecule has 0 aliphatic carbocycles. The van der Waals surface area contributed by atoms with Crippen molar-refractivity contribution in [2.75, 3.05) is 19.7 Å². The first kappa shape index (κ1) is 11.9. The van der Waals surface area contributed by atoms with E-state index in [0.29, 0.717) is 12.6 Å². The van der Waals surface area contributed by atoms with Crippen LogP contribution in [0.2, 0.25) is 0 Å². The maximum atomic E-state index is 12.3. The summed E-state index contributed by atoms with van der Waals surface area (Å²) in [6, 6.07) is 0.509. The molecule has 2 heterocycles. The summed E-state index contributed by atoms with van der Waals surface area (Å²) < 4.78 is 5.45. The van der Waals surface area contributed by atoms with Gasteiger partial charge in [0.05, 0.1) is 18.8 Å². The van der Waals surface area contributed by atoms with E-state index in [1.165, 1.54) is 6.42 Å². The van der Waals surface area contributed by atoms with Gasteiger partial charge in [0, 0.05) is 19.1 Å². The van der Waals surface area contributed by atoms with Gasteiger partial charge in [-0.15, -0.1) is 0 Å². The molecule has 2 fully saturated rings. The van der Waals surface area contributed by atoms with E-state index in [-0.39, 0.29) is 18.1 Å². The Labute approximate surface area is 97.3 Å². The molecular weight excluding hydrogens is 204 g/mol. The third kappa shape index (κ3) is 2.74. The molecule has 0 saturated carbocycles. The zero-order valence-corrected chi connectivity index (χ0v) is 10.2. The highest BCUT2D eigenvalue weighted by Gasteiger charge is 2.30. The summed E-state index contributed by atoms with van der Waals surface area (Å²) in [5, 5.41) is 3.40. The molecule has 2 aliphatic heterocycles. The molecule has 1 amide bonds. The largest absolute Gasteiger partial charge is 0.375 e. The van der Waals surface area contributed by atoms with E-state index in [9.17, 15) is 4.79 Å². The molecule has 2 saturated heterocycles. The lowest BCUT2D eigenvalue weighted by Crippen LogP contribution is -2.55. The number of nitrogens with one attached hydrogen (secondary N) is 1. The molecule has 3 unspecified atom stereocenters. The zero-order valence-electron chi connectivity index (χ0n) is 10.2. The van der Waals surface area contributed by atoms with E-state index in [1.807, 2.05) is 11.8 Å². The lowest BCUT2D eigenvalue weighted by atomic mass is 9.98. The molecule has 3 atom stereocenters. The topological polar surface area (TPSA) is 41.6 Å². The van der Waals surface area contributed by atoms with E-state index in [2.05, 4.69) is 12.2 Å². The fourth-order valence-corrected chi connectivity index (χ4v) is 2.57. The molecule has 92 valence electrons. The van der Waals surface area contributed by atoms with E-state index in [0.717, 1.165) is 25.9 Å². The summed E-state index contributed by atoms with van der Waals surface area (Å²) in [5.41, 5.74) is 0. The summed E-state index contributed by atoms with van der Waals surface area (Å²) in [6.45, 7) is 6.34. The molecule has 1 N–H and O–H groups in total. The van der Waals surface area contributed by atoms with Crippen molar-refractivity contribution < 1.29 is 9.53 Å². The Morgan fingerprint density at radius 1 is 1.38 bits per heavy atom. The van der Waals surface area contributed by atoms with Crippen LogP contribution in [0.25, 0.3) is 0 Å². The van der Waals surface area contributed by atoms with Gasteiger partial charge in [0.25, 0.3) is 0 Å². The van der Waals surface area contributed by atoms with Crippen LogP contribution in [0.4, 0.5) is 0 Å². The van der Waals surface area contributed by atoms with Gasteiger partial charge in [0.2, 0.25) is 5.91 Å². The van der Waals surface area contributed by atoms with Gasteiger partial charge >= 0.3 is 0 Å². The normalized spacial score (nSPS) is 36.1. The first-order valence-corrected chi connectivity index (χ1v) is 6.33. The van der Waals surface area contributed by atoms with Gasteiger partial charge in [-0.2, -0.15) is 0 Å². The molecule has 2 rings (SSSR count). The number of nitrogens with zero attached hydrogens (tertiary/aromatic N) is 1. The highest BCUT2D eigenvalue weighted by Crippen LogP contribution is 2.15. The predicted molar refractivity (Wildman–Crippen MR) is 62.2 cm³/mol. The molecule has 0 aromatic rings. The Bertz CT molecular complexity index is 233. The molecule has 0 spiro atoms. The number of amides is 1. The SMILES string of the molecule is CC1CCCC(C(=O)N2CCOC(C)C2)N1. The minimum Gasteiger partial charge on any atom is -0.375 e. The van der Waals surface area contributed by atoms with Crippen LogP contribution >= 0.6 is 0 Å². The fourth-order valence-electron chi connectivity index (χ4n) is 2.57. The lowest BCUT2D eigenvalue weighted by Gasteiger charge is -2.36. The van der Waals surface area contributed by atoms with Crippen LogP contribution in [0.1, 0.15) is 33.1 Å². The van der Waals surface area contributed by atoms with Crippen LogP contribution in [0, 0.1) is 0 Å². The van der Waals surface area contributed by atoms with Crippen molar-refractivity contribution in [1.82, 2.24) is 10.2 Å². The molecule has 16 heavy (non-hydrogen) atoms. The van der Waals surface area contributed by atoms with Crippen LogP contribution in [-0.2, 0) is 9.53 Å². The fraction of sp³-hybridized carbons (Fsp3) is 0.917. The molecule has 4 heteroatoms. The lowest BCUT2D eigenvalue weighted by molar-refractivity contribution is -0.141. The molecular formula is C12H22N2O2. The van der Waals surface area contributed by atoms with Crippen LogP contribution in [0.3, 0.4) is 0 Å². The number of hydrogen-bond acceptors (Lipinski definition) is 3. The van der Waals surface area contributed by atoms with Crippen molar-refractivity contribution in [1.29, 1.82) is 0 Å². The van der Waals surface area contributed by atoms with Crippen molar-refractivity contribution >= 4 is 5.91 Å². The van der Waals surface area contributed by atoms with Gasteiger partial charge in [-0.25, -0.2) is 0 Å². The Hall–Kier alpha value is -0.610. The maximum Gasteiger partial charge on any atom is 0.239 e. The number of carbonyl (C=O) groups excluding carboxylic acids is 1. The third-order valence-electron chi connectivity index (χ3n) is 3.47. The summed E-state index contributed by atoms with van der Waals surface area (Å²) in [5.74, 6) is 0.265. The van der Waals surface area contributed by atoms with Gasteiger partial charge in [0.1, 0.15) is 0 Å². The number of hydrogen-bond donors (Lipinski definition) is 1. The average molecular weight is 226 g/mol. The maximum absolute atomic E-state index is 12.3. The van der Waals surface area contributed by atoms with E-state index in [1.54, 1.807) is 0 Å². The first-order valence-electron chi connectivity index (χ1n) is 6.33. The summed E-state index contributed by atoms with van der Waals surface area (Å²) in [7, 11) is 0. The Balaban J connectivity index is 1.90.